The maximum absolute atomic E-state index is 12.4. The van der Waals surface area contributed by atoms with Crippen LogP contribution in [-0.2, 0) is 16.6 Å². The fraction of sp³-hybridized carbons (Fsp3) is 0.312. The number of furan rings is 1. The third-order valence-electron chi connectivity index (χ3n) is 4.07. The van der Waals surface area contributed by atoms with Crippen molar-refractivity contribution in [2.45, 2.75) is 24.3 Å². The molecule has 3 rings (SSSR count). The molecular weight excluding hydrogens is 362 g/mol. The van der Waals surface area contributed by atoms with E-state index >= 15 is 0 Å². The average molecular weight is 379 g/mol. The zero-order valence-corrected chi connectivity index (χ0v) is 14.6. The number of amides is 1. The van der Waals surface area contributed by atoms with Crippen molar-refractivity contribution in [2.24, 2.45) is 0 Å². The highest BCUT2D eigenvalue weighted by Crippen LogP contribution is 2.21. The van der Waals surface area contributed by atoms with Gasteiger partial charge in [0.05, 0.1) is 11.0 Å². The first-order valence-corrected chi connectivity index (χ1v) is 9.43. The minimum absolute atomic E-state index is 0.136. The van der Waals surface area contributed by atoms with Crippen molar-refractivity contribution in [1.29, 1.82) is 0 Å². The maximum Gasteiger partial charge on any atom is 0.433 e. The average Bonchev–Trinajstić information content (AvgIpc) is 3.31. The molecule has 0 atom stereocenters. The Hall–Kier alpha value is -2.72. The summed E-state index contributed by atoms with van der Waals surface area (Å²) >= 11 is 0. The van der Waals surface area contributed by atoms with E-state index in [4.69, 9.17) is 4.42 Å². The van der Waals surface area contributed by atoms with Crippen LogP contribution in [0.4, 0.5) is 5.88 Å². The summed E-state index contributed by atoms with van der Waals surface area (Å²) in [4.78, 5) is 22.0. The molecule has 1 aromatic heterocycles. The third kappa shape index (κ3) is 3.75. The van der Waals surface area contributed by atoms with Crippen molar-refractivity contribution in [2.75, 3.05) is 13.1 Å². The molecule has 26 heavy (non-hydrogen) atoms. The van der Waals surface area contributed by atoms with Gasteiger partial charge in [0.25, 0.3) is 5.91 Å². The number of hydrogen-bond donors (Lipinski definition) is 1. The molecule has 1 amide bonds. The van der Waals surface area contributed by atoms with Gasteiger partial charge in [-0.15, -0.1) is 0 Å². The Morgan fingerprint density at radius 3 is 2.38 bits per heavy atom. The minimum atomic E-state index is -3.47. The molecule has 2 aromatic rings. The predicted octanol–water partition coefficient (Wildman–Crippen LogP) is 1.90. The van der Waals surface area contributed by atoms with Crippen LogP contribution >= 0.6 is 0 Å². The molecule has 0 radical (unpaired) electrons. The Morgan fingerprint density at radius 1 is 1.15 bits per heavy atom. The molecule has 1 saturated heterocycles. The van der Waals surface area contributed by atoms with Crippen molar-refractivity contribution in [3.63, 3.8) is 0 Å². The van der Waals surface area contributed by atoms with Gasteiger partial charge in [-0.25, -0.2) is 8.42 Å². The summed E-state index contributed by atoms with van der Waals surface area (Å²) in [6.45, 7) is 1.21. The van der Waals surface area contributed by atoms with E-state index in [-0.39, 0.29) is 17.2 Å². The third-order valence-corrected chi connectivity index (χ3v) is 5.99. The highest BCUT2D eigenvalue weighted by Gasteiger charge is 2.26. The topological polar surface area (TPSA) is 123 Å². The van der Waals surface area contributed by atoms with Crippen LogP contribution in [0.1, 0.15) is 29.0 Å². The first-order chi connectivity index (χ1) is 12.4. The second-order valence-corrected chi connectivity index (χ2v) is 7.77. The largest absolute Gasteiger partial charge is 0.433 e. The number of rotatable bonds is 6. The smallest absolute Gasteiger partial charge is 0.395 e. The van der Waals surface area contributed by atoms with Gasteiger partial charge < -0.3 is 9.73 Å². The molecule has 1 aromatic carbocycles. The molecule has 0 aliphatic carbocycles. The summed E-state index contributed by atoms with van der Waals surface area (Å²) in [5.74, 6) is -1.26. The number of sulfonamides is 1. The van der Waals surface area contributed by atoms with Gasteiger partial charge in [0.15, 0.2) is 5.76 Å². The van der Waals surface area contributed by atoms with E-state index in [2.05, 4.69) is 5.32 Å². The van der Waals surface area contributed by atoms with Crippen molar-refractivity contribution in [3.05, 3.63) is 57.8 Å². The Labute approximate surface area is 149 Å². The van der Waals surface area contributed by atoms with E-state index < -0.39 is 26.7 Å². The van der Waals surface area contributed by atoms with Crippen molar-refractivity contribution in [3.8, 4) is 0 Å². The van der Waals surface area contributed by atoms with Crippen LogP contribution in [0.2, 0.25) is 0 Å². The molecule has 0 bridgehead atoms. The highest BCUT2D eigenvalue weighted by molar-refractivity contribution is 7.89. The SMILES string of the molecule is O=C(NCc1ccc(S(=O)(=O)N2CCCC2)cc1)c1ccc([N+](=O)[O-])o1. The molecule has 1 N–H and O–H groups in total. The van der Waals surface area contributed by atoms with E-state index in [9.17, 15) is 23.3 Å². The van der Waals surface area contributed by atoms with Gasteiger partial charge in [0, 0.05) is 19.6 Å². The van der Waals surface area contributed by atoms with Crippen LogP contribution in [0.25, 0.3) is 0 Å². The molecule has 0 saturated carbocycles. The summed E-state index contributed by atoms with van der Waals surface area (Å²) in [7, 11) is -3.47. The van der Waals surface area contributed by atoms with E-state index in [1.807, 2.05) is 0 Å². The quantitative estimate of drug-likeness (QED) is 0.604. The summed E-state index contributed by atoms with van der Waals surface area (Å²) in [5.41, 5.74) is 0.694. The van der Waals surface area contributed by atoms with Crippen LogP contribution in [0.15, 0.2) is 45.7 Å². The number of benzene rings is 1. The van der Waals surface area contributed by atoms with Gasteiger partial charge in [-0.2, -0.15) is 4.31 Å². The summed E-state index contributed by atoms with van der Waals surface area (Å²) in [5, 5.41) is 13.1. The van der Waals surface area contributed by atoms with E-state index in [1.54, 1.807) is 12.1 Å². The predicted molar refractivity (Wildman–Crippen MR) is 91.0 cm³/mol. The molecule has 0 spiro atoms. The van der Waals surface area contributed by atoms with Gasteiger partial charge in [-0.3, -0.25) is 14.9 Å². The van der Waals surface area contributed by atoms with Crippen molar-refractivity contribution >= 4 is 21.8 Å². The van der Waals surface area contributed by atoms with E-state index in [0.717, 1.165) is 18.9 Å². The summed E-state index contributed by atoms with van der Waals surface area (Å²) in [6, 6.07) is 8.58. The van der Waals surface area contributed by atoms with Crippen LogP contribution in [-0.4, -0.2) is 36.6 Å². The lowest BCUT2D eigenvalue weighted by molar-refractivity contribution is -0.402. The summed E-state index contributed by atoms with van der Waals surface area (Å²) < 4.78 is 31.2. The minimum Gasteiger partial charge on any atom is -0.395 e. The zero-order valence-electron chi connectivity index (χ0n) is 13.8. The van der Waals surface area contributed by atoms with Crippen molar-refractivity contribution < 1.29 is 22.6 Å². The van der Waals surface area contributed by atoms with Crippen molar-refractivity contribution in [1.82, 2.24) is 9.62 Å². The Kier molecular flexibility index (Phi) is 5.05. The highest BCUT2D eigenvalue weighted by atomic mass is 32.2. The van der Waals surface area contributed by atoms with Gasteiger partial charge >= 0.3 is 5.88 Å². The van der Waals surface area contributed by atoms with Gasteiger partial charge in [-0.05, 0) is 36.6 Å². The van der Waals surface area contributed by atoms with Gasteiger partial charge in [-0.1, -0.05) is 12.1 Å². The molecule has 0 unspecified atom stereocenters. The molecule has 1 fully saturated rings. The molecule has 1 aliphatic heterocycles. The van der Waals surface area contributed by atoms with E-state index in [1.165, 1.54) is 22.5 Å². The standard InChI is InChI=1S/C16H17N3O6S/c20-16(14-7-8-15(25-14)19(21)22)17-11-12-3-5-13(6-4-12)26(23,24)18-9-1-2-10-18/h3-8H,1-2,9-11H2,(H,17,20). The second-order valence-electron chi connectivity index (χ2n) is 5.83. The number of hydrogen-bond acceptors (Lipinski definition) is 6. The molecular formula is C16H17N3O6S. The molecule has 9 nitrogen and oxygen atoms in total. The molecule has 138 valence electrons. The number of nitrogens with zero attached hydrogens (tertiary/aromatic N) is 2. The molecule has 10 heteroatoms. The Bertz CT molecular complexity index is 914. The zero-order chi connectivity index (χ0) is 18.7. The lowest BCUT2D eigenvalue weighted by Gasteiger charge is -2.15. The fourth-order valence-corrected chi connectivity index (χ4v) is 4.19. The number of nitrogens with one attached hydrogen (secondary N) is 1. The Morgan fingerprint density at radius 2 is 1.81 bits per heavy atom. The van der Waals surface area contributed by atoms with E-state index in [0.29, 0.717) is 18.7 Å². The molecule has 1 aliphatic rings. The van der Waals surface area contributed by atoms with Gasteiger partial charge in [0.2, 0.25) is 10.0 Å². The number of nitro groups is 1. The normalized spacial score (nSPS) is 15.1. The van der Waals surface area contributed by atoms with Crippen LogP contribution in [0.3, 0.4) is 0 Å². The first-order valence-electron chi connectivity index (χ1n) is 7.99. The van der Waals surface area contributed by atoms with Gasteiger partial charge in [0.1, 0.15) is 4.92 Å². The monoisotopic (exact) mass is 379 g/mol. The fourth-order valence-electron chi connectivity index (χ4n) is 2.67. The second kappa shape index (κ2) is 7.26. The molecule has 2 heterocycles. The van der Waals surface area contributed by atoms with Crippen LogP contribution in [0, 0.1) is 10.1 Å². The lowest BCUT2D eigenvalue weighted by Crippen LogP contribution is -2.27. The summed E-state index contributed by atoms with van der Waals surface area (Å²) in [6.07, 6.45) is 1.74. The number of carbonyl (C=O) groups excluding carboxylic acids is 1. The maximum atomic E-state index is 12.4. The van der Waals surface area contributed by atoms with Crippen LogP contribution < -0.4 is 5.32 Å². The van der Waals surface area contributed by atoms with Crippen LogP contribution in [0.5, 0.6) is 0 Å². The first kappa shape index (κ1) is 18.1. The Balaban J connectivity index is 1.62. The number of carbonyl (C=O) groups is 1. The lowest BCUT2D eigenvalue weighted by atomic mass is 10.2.